The van der Waals surface area contributed by atoms with Gasteiger partial charge in [0.1, 0.15) is 0 Å². The lowest BCUT2D eigenvalue weighted by atomic mass is 9.86. The lowest BCUT2D eigenvalue weighted by molar-refractivity contribution is 0.222. The first-order chi connectivity index (χ1) is 4.52. The summed E-state index contributed by atoms with van der Waals surface area (Å²) in [5.41, 5.74) is 0.345. The molecule has 0 aliphatic carbocycles. The Hall–Kier alpha value is 0.250. The van der Waals surface area contributed by atoms with Gasteiger partial charge in [0.2, 0.25) is 0 Å². The average molecular weight is 162 g/mol. The molecule has 1 heterocycles. The molecule has 1 fully saturated rings. The van der Waals surface area contributed by atoms with Crippen LogP contribution in [-0.4, -0.2) is 17.0 Å². The van der Waals surface area contributed by atoms with Gasteiger partial charge in [-0.15, -0.1) is 0 Å². The van der Waals surface area contributed by atoms with Gasteiger partial charge in [-0.2, -0.15) is 0 Å². The normalized spacial score (nSPS) is 29.4. The van der Waals surface area contributed by atoms with Gasteiger partial charge in [0.15, 0.2) is 0 Å². The molecule has 2 heteroatoms. The molecule has 0 aromatic rings. The summed E-state index contributed by atoms with van der Waals surface area (Å²) >= 11 is 6.00. The van der Waals surface area contributed by atoms with Gasteiger partial charge in [-0.25, -0.2) is 4.42 Å². The highest BCUT2D eigenvalue weighted by molar-refractivity contribution is 6.13. The number of halogens is 1. The minimum atomic E-state index is 0.345. The van der Waals surface area contributed by atoms with Crippen LogP contribution < -0.4 is 0 Å². The lowest BCUT2D eigenvalue weighted by Crippen LogP contribution is -2.33. The first-order valence-corrected chi connectivity index (χ1v) is 4.28. The largest absolute Gasteiger partial charge is 0.217 e. The first-order valence-electron chi connectivity index (χ1n) is 3.94. The van der Waals surface area contributed by atoms with Crippen molar-refractivity contribution < 1.29 is 0 Å². The SMILES string of the molecule is CC(C)(C)[C@H]1CCCN1Cl. The maximum absolute atomic E-state index is 6.00. The van der Waals surface area contributed by atoms with E-state index >= 15 is 0 Å². The summed E-state index contributed by atoms with van der Waals surface area (Å²) in [5.74, 6) is 0. The van der Waals surface area contributed by atoms with E-state index < -0.39 is 0 Å². The maximum Gasteiger partial charge on any atom is 0.0300 e. The third kappa shape index (κ3) is 1.64. The van der Waals surface area contributed by atoms with E-state index in [9.17, 15) is 0 Å². The van der Waals surface area contributed by atoms with E-state index in [4.69, 9.17) is 11.8 Å². The van der Waals surface area contributed by atoms with E-state index in [1.54, 1.807) is 0 Å². The van der Waals surface area contributed by atoms with Crippen molar-refractivity contribution in [2.24, 2.45) is 5.41 Å². The van der Waals surface area contributed by atoms with E-state index in [2.05, 4.69) is 20.8 Å². The minimum Gasteiger partial charge on any atom is -0.217 e. The van der Waals surface area contributed by atoms with Crippen molar-refractivity contribution in [3.63, 3.8) is 0 Å². The molecular weight excluding hydrogens is 146 g/mol. The van der Waals surface area contributed by atoms with Crippen molar-refractivity contribution in [2.75, 3.05) is 6.54 Å². The van der Waals surface area contributed by atoms with Crippen molar-refractivity contribution in [1.29, 1.82) is 0 Å². The summed E-state index contributed by atoms with van der Waals surface area (Å²) in [7, 11) is 0. The molecule has 60 valence electrons. The zero-order valence-electron chi connectivity index (χ0n) is 7.02. The molecule has 0 aromatic heterocycles. The van der Waals surface area contributed by atoms with Crippen LogP contribution in [0, 0.1) is 5.41 Å². The lowest BCUT2D eigenvalue weighted by Gasteiger charge is -2.30. The summed E-state index contributed by atoms with van der Waals surface area (Å²) in [6, 6.07) is 0.578. The van der Waals surface area contributed by atoms with Crippen molar-refractivity contribution in [2.45, 2.75) is 39.7 Å². The Kier molecular flexibility index (Phi) is 2.26. The van der Waals surface area contributed by atoms with E-state index in [0.717, 1.165) is 6.54 Å². The molecule has 1 aliphatic heterocycles. The van der Waals surface area contributed by atoms with Crippen LogP contribution in [0.15, 0.2) is 0 Å². The minimum absolute atomic E-state index is 0.345. The quantitative estimate of drug-likeness (QED) is 0.494. The molecule has 1 aliphatic rings. The Morgan fingerprint density at radius 2 is 2.00 bits per heavy atom. The second-order valence-corrected chi connectivity index (χ2v) is 4.58. The molecule has 0 unspecified atom stereocenters. The van der Waals surface area contributed by atoms with Gasteiger partial charge in [0, 0.05) is 12.6 Å². The fourth-order valence-corrected chi connectivity index (χ4v) is 2.09. The van der Waals surface area contributed by atoms with Gasteiger partial charge < -0.3 is 0 Å². The van der Waals surface area contributed by atoms with Gasteiger partial charge >= 0.3 is 0 Å². The second kappa shape index (κ2) is 2.71. The summed E-state index contributed by atoms with van der Waals surface area (Å²) in [6.45, 7) is 7.80. The molecule has 0 amide bonds. The Morgan fingerprint density at radius 1 is 1.40 bits per heavy atom. The van der Waals surface area contributed by atoms with E-state index in [1.807, 2.05) is 4.42 Å². The zero-order chi connectivity index (χ0) is 7.78. The number of rotatable bonds is 0. The summed E-state index contributed by atoms with van der Waals surface area (Å²) in [6.07, 6.45) is 2.51. The first kappa shape index (κ1) is 8.35. The monoisotopic (exact) mass is 161 g/mol. The van der Waals surface area contributed by atoms with Crippen molar-refractivity contribution >= 4 is 11.8 Å². The number of hydrogen-bond acceptors (Lipinski definition) is 1. The van der Waals surface area contributed by atoms with Gasteiger partial charge in [-0.1, -0.05) is 20.8 Å². The van der Waals surface area contributed by atoms with Crippen LogP contribution in [0.3, 0.4) is 0 Å². The fraction of sp³-hybridized carbons (Fsp3) is 1.00. The zero-order valence-corrected chi connectivity index (χ0v) is 7.78. The van der Waals surface area contributed by atoms with Crippen LogP contribution in [0.2, 0.25) is 0 Å². The Labute approximate surface area is 68.5 Å². The van der Waals surface area contributed by atoms with Crippen LogP contribution in [0.5, 0.6) is 0 Å². The number of hydrogen-bond donors (Lipinski definition) is 0. The maximum atomic E-state index is 6.00. The highest BCUT2D eigenvalue weighted by atomic mass is 35.5. The second-order valence-electron chi connectivity index (χ2n) is 4.15. The van der Waals surface area contributed by atoms with E-state index in [1.165, 1.54) is 12.8 Å². The molecule has 0 spiro atoms. The van der Waals surface area contributed by atoms with Gasteiger partial charge in [0.25, 0.3) is 0 Å². The Balaban J connectivity index is 2.55. The van der Waals surface area contributed by atoms with E-state index in [-0.39, 0.29) is 0 Å². The average Bonchev–Trinajstić information content (AvgIpc) is 2.11. The third-order valence-corrected chi connectivity index (χ3v) is 2.59. The highest BCUT2D eigenvalue weighted by Gasteiger charge is 2.32. The third-order valence-electron chi connectivity index (χ3n) is 2.19. The number of nitrogens with zero attached hydrogens (tertiary/aromatic N) is 1. The molecule has 0 bridgehead atoms. The molecule has 0 aromatic carbocycles. The van der Waals surface area contributed by atoms with Crippen molar-refractivity contribution in [1.82, 2.24) is 4.42 Å². The smallest absolute Gasteiger partial charge is 0.0300 e. The topological polar surface area (TPSA) is 3.24 Å². The molecule has 0 radical (unpaired) electrons. The highest BCUT2D eigenvalue weighted by Crippen LogP contribution is 2.33. The van der Waals surface area contributed by atoms with Crippen LogP contribution >= 0.6 is 11.8 Å². The molecule has 1 rings (SSSR count). The van der Waals surface area contributed by atoms with Crippen LogP contribution in [-0.2, 0) is 0 Å². The Bertz CT molecular complexity index is 117. The van der Waals surface area contributed by atoms with E-state index in [0.29, 0.717) is 11.5 Å². The standard InChI is InChI=1S/C8H16ClN/c1-8(2,3)7-5-4-6-10(7)9/h7H,4-6H2,1-3H3/t7-/m1/s1. The molecule has 0 saturated carbocycles. The molecule has 1 saturated heterocycles. The van der Waals surface area contributed by atoms with Gasteiger partial charge in [-0.3, -0.25) is 0 Å². The molecule has 1 atom stereocenters. The van der Waals surface area contributed by atoms with Crippen molar-refractivity contribution in [3.8, 4) is 0 Å². The molecule has 0 N–H and O–H groups in total. The predicted octanol–water partition coefficient (Wildman–Crippen LogP) is 2.65. The van der Waals surface area contributed by atoms with Crippen molar-refractivity contribution in [3.05, 3.63) is 0 Å². The fourth-order valence-electron chi connectivity index (χ4n) is 1.58. The summed E-state index contributed by atoms with van der Waals surface area (Å²) < 4.78 is 1.96. The van der Waals surface area contributed by atoms with Crippen LogP contribution in [0.1, 0.15) is 33.6 Å². The van der Waals surface area contributed by atoms with Crippen LogP contribution in [0.4, 0.5) is 0 Å². The van der Waals surface area contributed by atoms with Gasteiger partial charge in [0.05, 0.1) is 0 Å². The summed E-state index contributed by atoms with van der Waals surface area (Å²) in [5, 5.41) is 0. The predicted molar refractivity (Wildman–Crippen MR) is 45.0 cm³/mol. The summed E-state index contributed by atoms with van der Waals surface area (Å²) in [4.78, 5) is 0. The Morgan fingerprint density at radius 3 is 2.20 bits per heavy atom. The molecule has 1 nitrogen and oxygen atoms in total. The van der Waals surface area contributed by atoms with Gasteiger partial charge in [-0.05, 0) is 30.0 Å². The van der Waals surface area contributed by atoms with Crippen LogP contribution in [0.25, 0.3) is 0 Å². The molecular formula is C8H16ClN. The molecule has 10 heavy (non-hydrogen) atoms.